The zero-order chi connectivity index (χ0) is 22.8. The number of benzene rings is 1. The van der Waals surface area contributed by atoms with Crippen molar-refractivity contribution < 1.29 is 9.53 Å². The number of ether oxygens (including phenoxy) is 1. The highest BCUT2D eigenvalue weighted by Crippen LogP contribution is 2.34. The number of piperidine rings is 1. The number of aromatic amines is 1. The van der Waals surface area contributed by atoms with Crippen molar-refractivity contribution in [1.29, 1.82) is 0 Å². The van der Waals surface area contributed by atoms with E-state index < -0.39 is 0 Å². The van der Waals surface area contributed by atoms with Crippen molar-refractivity contribution >= 4 is 22.6 Å². The van der Waals surface area contributed by atoms with Gasteiger partial charge >= 0.3 is 0 Å². The first-order valence-electron chi connectivity index (χ1n) is 11.2. The van der Waals surface area contributed by atoms with E-state index in [2.05, 4.69) is 21.9 Å². The number of rotatable bonds is 7. The van der Waals surface area contributed by atoms with Gasteiger partial charge in [-0.1, -0.05) is 13.3 Å². The Morgan fingerprint density at radius 2 is 2.03 bits per heavy atom. The molecule has 1 fully saturated rings. The van der Waals surface area contributed by atoms with E-state index in [0.717, 1.165) is 55.7 Å². The lowest BCUT2D eigenvalue weighted by atomic mass is 9.95. The molecule has 1 aromatic carbocycles. The van der Waals surface area contributed by atoms with Crippen LogP contribution in [0.25, 0.3) is 22.4 Å². The maximum Gasteiger partial charge on any atom is 0.277 e. The molecule has 0 saturated carbocycles. The minimum absolute atomic E-state index is 0.0728. The quantitative estimate of drug-likeness (QED) is 0.585. The molecule has 3 aromatic rings. The number of fused-ring (bicyclic) bond motifs is 1. The summed E-state index contributed by atoms with van der Waals surface area (Å²) in [5.74, 6) is 0.819. The van der Waals surface area contributed by atoms with Crippen LogP contribution in [0.3, 0.4) is 0 Å². The molecule has 3 N–H and O–H groups in total. The van der Waals surface area contributed by atoms with E-state index >= 15 is 0 Å². The molecule has 2 aromatic heterocycles. The van der Waals surface area contributed by atoms with E-state index in [1.54, 1.807) is 11.7 Å². The van der Waals surface area contributed by atoms with Gasteiger partial charge in [-0.3, -0.25) is 14.3 Å². The summed E-state index contributed by atoms with van der Waals surface area (Å²) in [6, 6.07) is 5.91. The summed E-state index contributed by atoms with van der Waals surface area (Å²) in [5, 5.41) is 4.50. The number of H-pyrrole nitrogens is 1. The molecule has 0 aliphatic carbocycles. The Bertz CT molecular complexity index is 1190. The summed E-state index contributed by atoms with van der Waals surface area (Å²) < 4.78 is 7.45. The topological polar surface area (TPSA) is 119 Å². The van der Waals surface area contributed by atoms with Crippen LogP contribution < -0.4 is 20.9 Å². The molecule has 1 amide bonds. The van der Waals surface area contributed by atoms with E-state index in [4.69, 9.17) is 15.5 Å². The highest BCUT2D eigenvalue weighted by atomic mass is 16.5. The number of hydrogen-bond acceptors (Lipinski definition) is 6. The summed E-state index contributed by atoms with van der Waals surface area (Å²) in [6.45, 7) is 5.98. The smallest absolute Gasteiger partial charge is 0.277 e. The van der Waals surface area contributed by atoms with E-state index in [0.29, 0.717) is 29.2 Å². The number of aryl methyl sites for hydroxylation is 2. The van der Waals surface area contributed by atoms with Crippen molar-refractivity contribution in [2.75, 3.05) is 24.6 Å². The summed E-state index contributed by atoms with van der Waals surface area (Å²) in [6.07, 6.45) is 3.13. The standard InChI is InChI=1S/C23H30N6O3/c1-4-6-17-19-20(28(3)27-17)23(31)26-22(25-19)16-13-15(7-8-18(16)32-5-2)29-11-9-14(10-12-29)21(24)30/h7-8,13-14H,4-6,9-12H2,1-3H3,(H2,24,30)(H,25,26,31). The zero-order valence-electron chi connectivity index (χ0n) is 18.9. The van der Waals surface area contributed by atoms with Crippen LogP contribution in [0.5, 0.6) is 5.75 Å². The molecule has 0 spiro atoms. The minimum atomic E-state index is -0.230. The molecule has 170 valence electrons. The molecule has 0 bridgehead atoms. The van der Waals surface area contributed by atoms with Crippen molar-refractivity contribution in [3.63, 3.8) is 0 Å². The fourth-order valence-corrected chi connectivity index (χ4v) is 4.38. The summed E-state index contributed by atoms with van der Waals surface area (Å²) in [7, 11) is 1.76. The van der Waals surface area contributed by atoms with E-state index in [9.17, 15) is 9.59 Å². The second-order valence-electron chi connectivity index (χ2n) is 8.21. The van der Waals surface area contributed by atoms with Gasteiger partial charge in [0.1, 0.15) is 17.1 Å². The van der Waals surface area contributed by atoms with Crippen LogP contribution in [0.2, 0.25) is 0 Å². The predicted molar refractivity (Wildman–Crippen MR) is 124 cm³/mol. The van der Waals surface area contributed by atoms with E-state index in [1.165, 1.54) is 0 Å². The second-order valence-corrected chi connectivity index (χ2v) is 8.21. The van der Waals surface area contributed by atoms with Gasteiger partial charge in [0.15, 0.2) is 5.52 Å². The second kappa shape index (κ2) is 9.02. The fourth-order valence-electron chi connectivity index (χ4n) is 4.38. The maximum atomic E-state index is 12.9. The highest BCUT2D eigenvalue weighted by molar-refractivity contribution is 5.81. The normalized spacial score (nSPS) is 14.8. The van der Waals surface area contributed by atoms with Gasteiger partial charge in [-0.25, -0.2) is 4.98 Å². The van der Waals surface area contributed by atoms with E-state index in [1.807, 2.05) is 25.1 Å². The number of nitrogens with one attached hydrogen (secondary N) is 1. The number of aromatic nitrogens is 4. The van der Waals surface area contributed by atoms with Gasteiger partial charge < -0.3 is 20.4 Å². The van der Waals surface area contributed by atoms with Crippen LogP contribution in [0, 0.1) is 5.92 Å². The highest BCUT2D eigenvalue weighted by Gasteiger charge is 2.24. The molecular weight excluding hydrogens is 408 g/mol. The molecule has 1 saturated heterocycles. The van der Waals surface area contributed by atoms with Crippen LogP contribution in [0.1, 0.15) is 38.8 Å². The largest absolute Gasteiger partial charge is 0.493 e. The van der Waals surface area contributed by atoms with Crippen LogP contribution in [-0.4, -0.2) is 45.4 Å². The number of nitrogens with zero attached hydrogens (tertiary/aromatic N) is 4. The number of hydrogen-bond donors (Lipinski definition) is 2. The molecule has 4 rings (SSSR count). The van der Waals surface area contributed by atoms with Crippen LogP contribution in [0.15, 0.2) is 23.0 Å². The number of carbonyl (C=O) groups is 1. The van der Waals surface area contributed by atoms with Crippen LogP contribution in [-0.2, 0) is 18.3 Å². The third-order valence-electron chi connectivity index (χ3n) is 6.03. The van der Waals surface area contributed by atoms with Gasteiger partial charge in [-0.2, -0.15) is 5.10 Å². The Hall–Kier alpha value is -3.36. The summed E-state index contributed by atoms with van der Waals surface area (Å²) >= 11 is 0. The van der Waals surface area contributed by atoms with E-state index in [-0.39, 0.29) is 17.4 Å². The Balaban J connectivity index is 1.77. The molecule has 1 aliphatic rings. The third kappa shape index (κ3) is 4.06. The third-order valence-corrected chi connectivity index (χ3v) is 6.03. The maximum absolute atomic E-state index is 12.9. The number of primary amides is 1. The lowest BCUT2D eigenvalue weighted by Gasteiger charge is -2.32. The van der Waals surface area contributed by atoms with Gasteiger partial charge in [0.2, 0.25) is 5.91 Å². The summed E-state index contributed by atoms with van der Waals surface area (Å²) in [5.41, 5.74) is 8.89. The van der Waals surface area contributed by atoms with Gasteiger partial charge in [-0.15, -0.1) is 0 Å². The predicted octanol–water partition coefficient (Wildman–Crippen LogP) is 2.38. The zero-order valence-corrected chi connectivity index (χ0v) is 18.9. The average molecular weight is 439 g/mol. The molecular formula is C23H30N6O3. The van der Waals surface area contributed by atoms with Gasteiger partial charge in [0.25, 0.3) is 5.56 Å². The van der Waals surface area contributed by atoms with Crippen molar-refractivity contribution in [2.24, 2.45) is 18.7 Å². The summed E-state index contributed by atoms with van der Waals surface area (Å²) in [4.78, 5) is 34.4. The fraction of sp³-hybridized carbons (Fsp3) is 0.478. The lowest BCUT2D eigenvalue weighted by molar-refractivity contribution is -0.122. The number of carbonyl (C=O) groups excluding carboxylic acids is 1. The Morgan fingerprint density at radius 3 is 2.69 bits per heavy atom. The SMILES string of the molecule is CCCc1nn(C)c2c(=O)[nH]c(-c3cc(N4CCC(C(N)=O)CC4)ccc3OCC)nc12. The number of amides is 1. The van der Waals surface area contributed by atoms with Gasteiger partial charge in [-0.05, 0) is 44.4 Å². The number of anilines is 1. The van der Waals surface area contributed by atoms with Crippen molar-refractivity contribution in [2.45, 2.75) is 39.5 Å². The monoisotopic (exact) mass is 438 g/mol. The van der Waals surface area contributed by atoms with Crippen molar-refractivity contribution in [3.8, 4) is 17.1 Å². The molecule has 1 aliphatic heterocycles. The molecule has 3 heterocycles. The van der Waals surface area contributed by atoms with Crippen molar-refractivity contribution in [3.05, 3.63) is 34.2 Å². The molecule has 9 nitrogen and oxygen atoms in total. The first-order valence-corrected chi connectivity index (χ1v) is 11.2. The molecule has 0 atom stereocenters. The Labute approximate surface area is 186 Å². The first-order chi connectivity index (χ1) is 15.4. The van der Waals surface area contributed by atoms with Crippen LogP contribution in [0.4, 0.5) is 5.69 Å². The molecule has 0 radical (unpaired) electrons. The number of nitrogens with two attached hydrogens (primary N) is 1. The molecule has 0 unspecified atom stereocenters. The Kier molecular flexibility index (Phi) is 6.16. The first kappa shape index (κ1) is 21.9. The Morgan fingerprint density at radius 1 is 1.28 bits per heavy atom. The van der Waals surface area contributed by atoms with Crippen molar-refractivity contribution in [1.82, 2.24) is 19.7 Å². The van der Waals surface area contributed by atoms with Crippen LogP contribution >= 0.6 is 0 Å². The molecule has 9 heteroatoms. The lowest BCUT2D eigenvalue weighted by Crippen LogP contribution is -2.38. The average Bonchev–Trinajstić information content (AvgIpc) is 3.10. The minimum Gasteiger partial charge on any atom is -0.493 e. The molecule has 32 heavy (non-hydrogen) atoms. The van der Waals surface area contributed by atoms with Gasteiger partial charge in [0.05, 0.1) is 17.9 Å². The van der Waals surface area contributed by atoms with Gasteiger partial charge in [0, 0.05) is 31.7 Å².